The quantitative estimate of drug-likeness (QED) is 0.663. The first-order chi connectivity index (χ1) is 11.3. The lowest BCUT2D eigenvalue weighted by molar-refractivity contribution is -0.00189. The second-order valence-corrected chi connectivity index (χ2v) is 6.50. The summed E-state index contributed by atoms with van der Waals surface area (Å²) in [7, 11) is 0. The molecule has 23 heavy (non-hydrogen) atoms. The van der Waals surface area contributed by atoms with Crippen molar-refractivity contribution in [2.45, 2.75) is 51.0 Å². The zero-order chi connectivity index (χ0) is 16.1. The van der Waals surface area contributed by atoms with Crippen LogP contribution in [-0.4, -0.2) is 12.7 Å². The average Bonchev–Trinajstić information content (AvgIpc) is 2.61. The van der Waals surface area contributed by atoms with Gasteiger partial charge in [-0.15, -0.1) is 0 Å². The van der Waals surface area contributed by atoms with Gasteiger partial charge in [-0.3, -0.25) is 0 Å². The number of benzene rings is 2. The van der Waals surface area contributed by atoms with Crippen molar-refractivity contribution in [3.05, 3.63) is 59.9 Å². The third kappa shape index (κ3) is 4.20. The van der Waals surface area contributed by atoms with Gasteiger partial charge in [0.1, 0.15) is 5.82 Å². The highest BCUT2D eigenvalue weighted by atomic mass is 19.1. The van der Waals surface area contributed by atoms with E-state index in [1.165, 1.54) is 49.8 Å². The standard InChI is InChI=1S/C21H25FO/c1-2-3-4-21-14-11-19(15-23-21)18-7-5-16(6-8-18)17-9-12-20(22)13-10-17/h5-10,12-13,19,21H,2-4,11,14-15H2,1H3. The Labute approximate surface area is 138 Å². The van der Waals surface area contributed by atoms with Gasteiger partial charge in [0.2, 0.25) is 0 Å². The van der Waals surface area contributed by atoms with Gasteiger partial charge in [-0.1, -0.05) is 56.2 Å². The minimum absolute atomic E-state index is 0.192. The number of rotatable bonds is 5. The molecule has 0 amide bonds. The molecule has 2 aromatic rings. The second-order valence-electron chi connectivity index (χ2n) is 6.50. The fraction of sp³-hybridized carbons (Fsp3) is 0.429. The number of hydrogen-bond acceptors (Lipinski definition) is 1. The van der Waals surface area contributed by atoms with Crippen LogP contribution >= 0.6 is 0 Å². The molecule has 122 valence electrons. The fourth-order valence-corrected chi connectivity index (χ4v) is 3.32. The molecule has 0 bridgehead atoms. The lowest BCUT2D eigenvalue weighted by Gasteiger charge is -2.29. The molecule has 1 aliphatic heterocycles. The van der Waals surface area contributed by atoms with Crippen LogP contribution in [0.4, 0.5) is 4.39 Å². The first-order valence-corrected chi connectivity index (χ1v) is 8.73. The van der Waals surface area contributed by atoms with E-state index < -0.39 is 0 Å². The molecule has 1 fully saturated rings. The van der Waals surface area contributed by atoms with E-state index in [4.69, 9.17) is 4.74 Å². The van der Waals surface area contributed by atoms with E-state index in [9.17, 15) is 4.39 Å². The molecule has 0 saturated carbocycles. The molecule has 1 aliphatic rings. The largest absolute Gasteiger partial charge is 0.378 e. The molecular weight excluding hydrogens is 287 g/mol. The Bertz CT molecular complexity index is 595. The first kappa shape index (κ1) is 16.2. The molecule has 0 spiro atoms. The van der Waals surface area contributed by atoms with Gasteiger partial charge in [-0.25, -0.2) is 4.39 Å². The molecule has 2 heteroatoms. The van der Waals surface area contributed by atoms with Crippen molar-refractivity contribution in [2.24, 2.45) is 0 Å². The van der Waals surface area contributed by atoms with Crippen LogP contribution in [0.2, 0.25) is 0 Å². The van der Waals surface area contributed by atoms with E-state index in [1.54, 1.807) is 0 Å². The van der Waals surface area contributed by atoms with Gasteiger partial charge < -0.3 is 4.74 Å². The maximum atomic E-state index is 13.0. The summed E-state index contributed by atoms with van der Waals surface area (Å²) in [5.74, 6) is 0.317. The van der Waals surface area contributed by atoms with Crippen LogP contribution in [-0.2, 0) is 4.74 Å². The lowest BCUT2D eigenvalue weighted by Crippen LogP contribution is -2.24. The van der Waals surface area contributed by atoms with Gasteiger partial charge in [-0.2, -0.15) is 0 Å². The summed E-state index contributed by atoms with van der Waals surface area (Å²) < 4.78 is 19.0. The smallest absolute Gasteiger partial charge is 0.123 e. The van der Waals surface area contributed by atoms with E-state index in [-0.39, 0.29) is 5.82 Å². The highest BCUT2D eigenvalue weighted by molar-refractivity contribution is 5.63. The third-order valence-electron chi connectivity index (χ3n) is 4.81. The Balaban J connectivity index is 1.61. The molecule has 1 saturated heterocycles. The van der Waals surface area contributed by atoms with Gasteiger partial charge >= 0.3 is 0 Å². The van der Waals surface area contributed by atoms with Gasteiger partial charge in [0, 0.05) is 5.92 Å². The Hall–Kier alpha value is -1.67. The van der Waals surface area contributed by atoms with Crippen molar-refractivity contribution in [3.8, 4) is 11.1 Å². The minimum Gasteiger partial charge on any atom is -0.378 e. The minimum atomic E-state index is -0.192. The Morgan fingerprint density at radius 1 is 0.957 bits per heavy atom. The van der Waals surface area contributed by atoms with E-state index in [0.717, 1.165) is 17.7 Å². The van der Waals surface area contributed by atoms with Crippen molar-refractivity contribution in [1.29, 1.82) is 0 Å². The molecule has 1 heterocycles. The summed E-state index contributed by atoms with van der Waals surface area (Å²) in [6.45, 7) is 3.07. The van der Waals surface area contributed by atoms with E-state index >= 15 is 0 Å². The Kier molecular flexibility index (Phi) is 5.45. The van der Waals surface area contributed by atoms with E-state index in [0.29, 0.717) is 12.0 Å². The first-order valence-electron chi connectivity index (χ1n) is 8.73. The summed E-state index contributed by atoms with van der Waals surface area (Å²) in [4.78, 5) is 0. The molecule has 0 radical (unpaired) electrons. The van der Waals surface area contributed by atoms with Crippen LogP contribution in [0.1, 0.15) is 50.5 Å². The van der Waals surface area contributed by atoms with Crippen LogP contribution in [0, 0.1) is 5.82 Å². The summed E-state index contributed by atoms with van der Waals surface area (Å²) in [6.07, 6.45) is 6.56. The number of ether oxygens (including phenoxy) is 1. The zero-order valence-corrected chi connectivity index (χ0v) is 13.8. The predicted molar refractivity (Wildman–Crippen MR) is 93.1 cm³/mol. The van der Waals surface area contributed by atoms with Crippen molar-refractivity contribution >= 4 is 0 Å². The van der Waals surface area contributed by atoms with Gasteiger partial charge in [0.15, 0.2) is 0 Å². The number of unbranched alkanes of at least 4 members (excludes halogenated alkanes) is 1. The lowest BCUT2D eigenvalue weighted by atomic mass is 9.89. The molecular formula is C21H25FO. The zero-order valence-electron chi connectivity index (χ0n) is 13.8. The number of halogens is 1. The van der Waals surface area contributed by atoms with Crippen molar-refractivity contribution in [1.82, 2.24) is 0 Å². The molecule has 1 nitrogen and oxygen atoms in total. The van der Waals surface area contributed by atoms with Crippen LogP contribution in [0.5, 0.6) is 0 Å². The average molecular weight is 312 g/mol. The van der Waals surface area contributed by atoms with Crippen LogP contribution < -0.4 is 0 Å². The SMILES string of the molecule is CCCCC1CCC(c2ccc(-c3ccc(F)cc3)cc2)CO1. The molecule has 2 unspecified atom stereocenters. The molecule has 2 atom stereocenters. The second kappa shape index (κ2) is 7.74. The van der Waals surface area contributed by atoms with E-state index in [1.807, 2.05) is 12.1 Å². The maximum absolute atomic E-state index is 13.0. The molecule has 0 aliphatic carbocycles. The van der Waals surface area contributed by atoms with E-state index in [2.05, 4.69) is 31.2 Å². The predicted octanol–water partition coefficient (Wildman–Crippen LogP) is 5.95. The van der Waals surface area contributed by atoms with Crippen LogP contribution in [0.25, 0.3) is 11.1 Å². The Morgan fingerprint density at radius 2 is 1.61 bits per heavy atom. The van der Waals surface area contributed by atoms with Crippen molar-refractivity contribution in [2.75, 3.05) is 6.61 Å². The molecule has 2 aromatic carbocycles. The highest BCUT2D eigenvalue weighted by Gasteiger charge is 2.22. The normalized spacial score (nSPS) is 21.3. The third-order valence-corrected chi connectivity index (χ3v) is 4.81. The molecule has 0 aromatic heterocycles. The summed E-state index contributed by atoms with van der Waals surface area (Å²) in [5.41, 5.74) is 3.54. The van der Waals surface area contributed by atoms with Crippen LogP contribution in [0.3, 0.4) is 0 Å². The topological polar surface area (TPSA) is 9.23 Å². The van der Waals surface area contributed by atoms with Gasteiger partial charge in [0.05, 0.1) is 12.7 Å². The fourth-order valence-electron chi connectivity index (χ4n) is 3.32. The molecule has 0 N–H and O–H groups in total. The highest BCUT2D eigenvalue weighted by Crippen LogP contribution is 2.31. The summed E-state index contributed by atoms with van der Waals surface area (Å²) >= 11 is 0. The van der Waals surface area contributed by atoms with Crippen molar-refractivity contribution in [3.63, 3.8) is 0 Å². The molecule has 3 rings (SSSR count). The van der Waals surface area contributed by atoms with Crippen molar-refractivity contribution < 1.29 is 9.13 Å². The van der Waals surface area contributed by atoms with Crippen LogP contribution in [0.15, 0.2) is 48.5 Å². The Morgan fingerprint density at radius 3 is 2.17 bits per heavy atom. The summed E-state index contributed by atoms with van der Waals surface area (Å²) in [5, 5.41) is 0. The van der Waals surface area contributed by atoms with Gasteiger partial charge in [-0.05, 0) is 48.1 Å². The van der Waals surface area contributed by atoms with Gasteiger partial charge in [0.25, 0.3) is 0 Å². The maximum Gasteiger partial charge on any atom is 0.123 e. The summed E-state index contributed by atoms with van der Waals surface area (Å²) in [6, 6.07) is 15.3. The monoisotopic (exact) mass is 312 g/mol. The number of hydrogen-bond donors (Lipinski definition) is 0.